The Morgan fingerprint density at radius 2 is 1.95 bits per heavy atom. The summed E-state index contributed by atoms with van der Waals surface area (Å²) in [5.41, 5.74) is 0. The van der Waals surface area contributed by atoms with Crippen molar-refractivity contribution in [2.24, 2.45) is 4.99 Å². The molecule has 1 aromatic heterocycles. The summed E-state index contributed by atoms with van der Waals surface area (Å²) in [6.07, 6.45) is 6.42. The number of hydrogen-bond acceptors (Lipinski definition) is 2. The second-order valence-corrected chi connectivity index (χ2v) is 4.57. The molecule has 1 rings (SSSR count). The Labute approximate surface area is 122 Å². The highest BCUT2D eigenvalue weighted by molar-refractivity contribution is 5.79. The van der Waals surface area contributed by atoms with Gasteiger partial charge in [-0.3, -0.25) is 4.99 Å². The van der Waals surface area contributed by atoms with Crippen molar-refractivity contribution in [1.29, 1.82) is 0 Å². The van der Waals surface area contributed by atoms with E-state index in [2.05, 4.69) is 46.4 Å². The minimum atomic E-state index is 0.689. The van der Waals surface area contributed by atoms with E-state index in [1.165, 1.54) is 6.42 Å². The van der Waals surface area contributed by atoms with Crippen molar-refractivity contribution in [2.75, 3.05) is 32.8 Å². The molecule has 1 aromatic rings. The quantitative estimate of drug-likeness (QED) is 0.391. The molecule has 0 aliphatic rings. The van der Waals surface area contributed by atoms with Crippen molar-refractivity contribution in [3.05, 3.63) is 24.5 Å². The average molecular weight is 280 g/mol. The van der Waals surface area contributed by atoms with E-state index in [0.717, 1.165) is 38.6 Å². The van der Waals surface area contributed by atoms with Crippen LogP contribution in [0.1, 0.15) is 26.7 Å². The zero-order chi connectivity index (χ0) is 14.5. The second-order valence-electron chi connectivity index (χ2n) is 4.57. The third kappa shape index (κ3) is 7.84. The SMILES string of the molecule is CCCCOCCN=C(NCC)NCCn1cccc1. The predicted octanol–water partition coefficient (Wildman–Crippen LogP) is 1.86. The van der Waals surface area contributed by atoms with Crippen LogP contribution in [-0.4, -0.2) is 43.4 Å². The molecule has 0 saturated carbocycles. The molecule has 1 heterocycles. The first-order chi connectivity index (χ1) is 9.86. The molecule has 0 bridgehead atoms. The van der Waals surface area contributed by atoms with Crippen LogP contribution < -0.4 is 10.6 Å². The van der Waals surface area contributed by atoms with Crippen LogP contribution in [0.2, 0.25) is 0 Å². The van der Waals surface area contributed by atoms with Gasteiger partial charge in [-0.15, -0.1) is 0 Å². The minimum Gasteiger partial charge on any atom is -0.380 e. The standard InChI is InChI=1S/C15H28N4O/c1-3-5-13-20-14-9-18-15(16-4-2)17-8-12-19-10-6-7-11-19/h6-7,10-11H,3-5,8-9,12-14H2,1-2H3,(H2,16,17,18). The van der Waals surface area contributed by atoms with Gasteiger partial charge in [0.05, 0.1) is 13.2 Å². The van der Waals surface area contributed by atoms with Gasteiger partial charge in [0.1, 0.15) is 0 Å². The predicted molar refractivity (Wildman–Crippen MR) is 84.1 cm³/mol. The Morgan fingerprint density at radius 1 is 1.15 bits per heavy atom. The van der Waals surface area contributed by atoms with E-state index in [1.54, 1.807) is 0 Å². The van der Waals surface area contributed by atoms with Crippen LogP contribution in [-0.2, 0) is 11.3 Å². The summed E-state index contributed by atoms with van der Waals surface area (Å²) < 4.78 is 7.64. The normalized spacial score (nSPS) is 11.6. The molecule has 20 heavy (non-hydrogen) atoms. The number of aliphatic imine (C=N–C) groups is 1. The number of nitrogens with zero attached hydrogens (tertiary/aromatic N) is 2. The Balaban J connectivity index is 2.17. The van der Waals surface area contributed by atoms with Crippen LogP contribution in [0.3, 0.4) is 0 Å². The van der Waals surface area contributed by atoms with Crippen LogP contribution in [0.4, 0.5) is 0 Å². The lowest BCUT2D eigenvalue weighted by molar-refractivity contribution is 0.139. The van der Waals surface area contributed by atoms with E-state index in [0.29, 0.717) is 13.2 Å². The topological polar surface area (TPSA) is 50.6 Å². The molecule has 5 heteroatoms. The third-order valence-corrected chi connectivity index (χ3v) is 2.82. The van der Waals surface area contributed by atoms with Crippen LogP contribution in [0.25, 0.3) is 0 Å². The van der Waals surface area contributed by atoms with Crippen molar-refractivity contribution in [3.63, 3.8) is 0 Å². The lowest BCUT2D eigenvalue weighted by atomic mass is 10.4. The number of aromatic nitrogens is 1. The lowest BCUT2D eigenvalue weighted by Crippen LogP contribution is -2.39. The van der Waals surface area contributed by atoms with Gasteiger partial charge in [0, 0.05) is 38.6 Å². The molecule has 0 aromatic carbocycles. The maximum atomic E-state index is 5.50. The number of guanidine groups is 1. The van der Waals surface area contributed by atoms with Crippen molar-refractivity contribution >= 4 is 5.96 Å². The monoisotopic (exact) mass is 280 g/mol. The molecule has 0 spiro atoms. The van der Waals surface area contributed by atoms with E-state index in [9.17, 15) is 0 Å². The van der Waals surface area contributed by atoms with Crippen LogP contribution >= 0.6 is 0 Å². The van der Waals surface area contributed by atoms with E-state index >= 15 is 0 Å². The van der Waals surface area contributed by atoms with Gasteiger partial charge < -0.3 is 19.9 Å². The highest BCUT2D eigenvalue weighted by Crippen LogP contribution is 1.89. The number of hydrogen-bond donors (Lipinski definition) is 2. The van der Waals surface area contributed by atoms with Gasteiger partial charge in [-0.2, -0.15) is 0 Å². The van der Waals surface area contributed by atoms with Gasteiger partial charge >= 0.3 is 0 Å². The van der Waals surface area contributed by atoms with E-state index in [1.807, 2.05) is 12.1 Å². The van der Waals surface area contributed by atoms with Gasteiger partial charge in [-0.1, -0.05) is 13.3 Å². The summed E-state index contributed by atoms with van der Waals surface area (Å²) in [6, 6.07) is 4.07. The van der Waals surface area contributed by atoms with Crippen LogP contribution in [0, 0.1) is 0 Å². The Morgan fingerprint density at radius 3 is 2.65 bits per heavy atom. The minimum absolute atomic E-state index is 0.689. The fourth-order valence-corrected chi connectivity index (χ4v) is 1.73. The lowest BCUT2D eigenvalue weighted by Gasteiger charge is -2.11. The maximum Gasteiger partial charge on any atom is 0.191 e. The molecular weight excluding hydrogens is 252 g/mol. The molecule has 0 unspecified atom stereocenters. The molecule has 0 atom stereocenters. The summed E-state index contributed by atoms with van der Waals surface area (Å²) in [5, 5.41) is 6.56. The first-order valence-electron chi connectivity index (χ1n) is 7.57. The molecule has 2 N–H and O–H groups in total. The molecule has 0 fully saturated rings. The van der Waals surface area contributed by atoms with E-state index < -0.39 is 0 Å². The summed E-state index contributed by atoms with van der Waals surface area (Å²) in [7, 11) is 0. The molecule has 0 saturated heterocycles. The average Bonchev–Trinajstić information content (AvgIpc) is 2.96. The number of unbranched alkanes of at least 4 members (excludes halogenated alkanes) is 1. The molecule has 0 aliphatic heterocycles. The molecule has 5 nitrogen and oxygen atoms in total. The highest BCUT2D eigenvalue weighted by Gasteiger charge is 1.96. The van der Waals surface area contributed by atoms with Gasteiger partial charge in [-0.05, 0) is 25.5 Å². The molecular formula is C15H28N4O. The Bertz CT molecular complexity index is 349. The first kappa shape index (κ1) is 16.6. The smallest absolute Gasteiger partial charge is 0.191 e. The van der Waals surface area contributed by atoms with E-state index in [-0.39, 0.29) is 0 Å². The van der Waals surface area contributed by atoms with Gasteiger partial charge in [0.2, 0.25) is 0 Å². The molecule has 0 amide bonds. The Hall–Kier alpha value is -1.49. The fraction of sp³-hybridized carbons (Fsp3) is 0.667. The number of ether oxygens (including phenoxy) is 1. The molecule has 0 radical (unpaired) electrons. The summed E-state index contributed by atoms with van der Waals surface area (Å²) in [6.45, 7) is 9.12. The van der Waals surface area contributed by atoms with Crippen molar-refractivity contribution < 1.29 is 4.74 Å². The number of nitrogens with one attached hydrogen (secondary N) is 2. The molecule has 114 valence electrons. The number of rotatable bonds is 10. The summed E-state index contributed by atoms with van der Waals surface area (Å²) in [4.78, 5) is 4.49. The summed E-state index contributed by atoms with van der Waals surface area (Å²) in [5.74, 6) is 0.860. The van der Waals surface area contributed by atoms with Crippen LogP contribution in [0.15, 0.2) is 29.5 Å². The van der Waals surface area contributed by atoms with Crippen molar-refractivity contribution in [2.45, 2.75) is 33.2 Å². The van der Waals surface area contributed by atoms with Crippen molar-refractivity contribution in [1.82, 2.24) is 15.2 Å². The fourth-order valence-electron chi connectivity index (χ4n) is 1.73. The zero-order valence-corrected chi connectivity index (χ0v) is 12.8. The highest BCUT2D eigenvalue weighted by atomic mass is 16.5. The van der Waals surface area contributed by atoms with Crippen LogP contribution in [0.5, 0.6) is 0 Å². The van der Waals surface area contributed by atoms with Crippen molar-refractivity contribution in [3.8, 4) is 0 Å². The maximum absolute atomic E-state index is 5.50. The van der Waals surface area contributed by atoms with Gasteiger partial charge in [-0.25, -0.2) is 0 Å². The van der Waals surface area contributed by atoms with E-state index in [4.69, 9.17) is 4.74 Å². The molecule has 0 aliphatic carbocycles. The largest absolute Gasteiger partial charge is 0.380 e. The first-order valence-corrected chi connectivity index (χ1v) is 7.57. The Kier molecular flexibility index (Phi) is 9.40. The third-order valence-electron chi connectivity index (χ3n) is 2.82. The van der Waals surface area contributed by atoms with Gasteiger partial charge in [0.25, 0.3) is 0 Å². The zero-order valence-electron chi connectivity index (χ0n) is 12.8. The van der Waals surface area contributed by atoms with Gasteiger partial charge in [0.15, 0.2) is 5.96 Å². The summed E-state index contributed by atoms with van der Waals surface area (Å²) >= 11 is 0. The second kappa shape index (κ2) is 11.3.